The summed E-state index contributed by atoms with van der Waals surface area (Å²) in [6, 6.07) is 6.86. The van der Waals surface area contributed by atoms with Crippen LogP contribution in [0.25, 0.3) is 0 Å². The molecule has 0 radical (unpaired) electrons. The molecule has 96 valence electrons. The van der Waals surface area contributed by atoms with Gasteiger partial charge in [0.05, 0.1) is 10.1 Å². The number of rotatable bonds is 2. The fourth-order valence-corrected chi connectivity index (χ4v) is 3.88. The molecule has 0 bridgehead atoms. The molecule has 0 spiro atoms. The highest BCUT2D eigenvalue weighted by atomic mass is 79.9. The highest BCUT2D eigenvalue weighted by Crippen LogP contribution is 2.22. The maximum atomic E-state index is 12.2. The predicted octanol–water partition coefficient (Wildman–Crippen LogP) is 2.40. The van der Waals surface area contributed by atoms with Gasteiger partial charge >= 0.3 is 0 Å². The van der Waals surface area contributed by atoms with Gasteiger partial charge in [0.2, 0.25) is 0 Å². The quantitative estimate of drug-likeness (QED) is 0.899. The molecule has 0 aromatic heterocycles. The molecule has 2 rings (SSSR count). The second-order valence-electron chi connectivity index (χ2n) is 3.97. The fraction of sp³-hybridized carbons (Fsp3) is 0.455. The Kier molecular flexibility index (Phi) is 5.44. The van der Waals surface area contributed by atoms with Crippen molar-refractivity contribution in [3.8, 4) is 0 Å². The fourth-order valence-electron chi connectivity index (χ4n) is 1.90. The van der Waals surface area contributed by atoms with E-state index in [1.807, 2.05) is 0 Å². The third-order valence-electron chi connectivity index (χ3n) is 2.83. The zero-order valence-corrected chi connectivity index (χ0v) is 12.4. The van der Waals surface area contributed by atoms with Crippen molar-refractivity contribution in [3.63, 3.8) is 0 Å². The molecule has 0 unspecified atom stereocenters. The number of hydrogen-bond donors (Lipinski definition) is 1. The van der Waals surface area contributed by atoms with Gasteiger partial charge in [-0.2, -0.15) is 0 Å². The zero-order valence-electron chi connectivity index (χ0n) is 9.23. The van der Waals surface area contributed by atoms with Crippen LogP contribution in [0.2, 0.25) is 0 Å². The molecule has 1 fully saturated rings. The van der Waals surface area contributed by atoms with Gasteiger partial charge in [0.15, 0.2) is 9.84 Å². The summed E-state index contributed by atoms with van der Waals surface area (Å²) in [6.45, 7) is 1.49. The molecule has 1 aromatic carbocycles. The second-order valence-corrected chi connectivity index (χ2v) is 7.11. The predicted molar refractivity (Wildman–Crippen MR) is 74.5 cm³/mol. The van der Waals surface area contributed by atoms with Gasteiger partial charge in [-0.25, -0.2) is 8.42 Å². The second kappa shape index (κ2) is 6.18. The number of hydrogen-bond acceptors (Lipinski definition) is 3. The van der Waals surface area contributed by atoms with Crippen molar-refractivity contribution in [1.82, 2.24) is 5.32 Å². The Morgan fingerprint density at radius 1 is 1.24 bits per heavy atom. The standard InChI is InChI=1S/C11H14BrNO2S.ClH/c12-9-3-5-10(6-4-9)16(14,15)11-2-1-7-13-8-11;/h3-6,11,13H,1-2,7-8H2;1H/t11-;/m1./s1. The third-order valence-corrected chi connectivity index (χ3v) is 5.57. The van der Waals surface area contributed by atoms with Gasteiger partial charge in [-0.15, -0.1) is 12.4 Å². The molecule has 0 saturated carbocycles. The van der Waals surface area contributed by atoms with Crippen LogP contribution in [0.1, 0.15) is 12.8 Å². The molecule has 1 saturated heterocycles. The molecular weight excluding hydrogens is 326 g/mol. The van der Waals surface area contributed by atoms with E-state index in [0.29, 0.717) is 11.4 Å². The number of sulfone groups is 1. The van der Waals surface area contributed by atoms with Gasteiger partial charge < -0.3 is 5.32 Å². The number of halogens is 2. The Morgan fingerprint density at radius 3 is 2.41 bits per heavy atom. The summed E-state index contributed by atoms with van der Waals surface area (Å²) in [5.41, 5.74) is 0. The lowest BCUT2D eigenvalue weighted by Crippen LogP contribution is -2.38. The lowest BCUT2D eigenvalue weighted by atomic mass is 10.2. The van der Waals surface area contributed by atoms with Crippen LogP contribution in [0.15, 0.2) is 33.6 Å². The molecular formula is C11H15BrClNO2S. The van der Waals surface area contributed by atoms with Crippen LogP contribution in [-0.4, -0.2) is 26.8 Å². The van der Waals surface area contributed by atoms with E-state index >= 15 is 0 Å². The average molecular weight is 341 g/mol. The first-order valence-corrected chi connectivity index (χ1v) is 7.65. The van der Waals surface area contributed by atoms with Crippen LogP contribution in [0.5, 0.6) is 0 Å². The third kappa shape index (κ3) is 3.44. The lowest BCUT2D eigenvalue weighted by molar-refractivity contribution is 0.497. The summed E-state index contributed by atoms with van der Waals surface area (Å²) in [4.78, 5) is 0.421. The minimum absolute atomic E-state index is 0. The number of piperidine rings is 1. The summed E-state index contributed by atoms with van der Waals surface area (Å²) >= 11 is 3.30. The van der Waals surface area contributed by atoms with Gasteiger partial charge in [0.1, 0.15) is 0 Å². The van der Waals surface area contributed by atoms with E-state index in [0.717, 1.165) is 23.9 Å². The Balaban J connectivity index is 0.00000144. The first-order valence-electron chi connectivity index (χ1n) is 5.31. The summed E-state index contributed by atoms with van der Waals surface area (Å²) in [7, 11) is -3.16. The van der Waals surface area contributed by atoms with E-state index in [4.69, 9.17) is 0 Å². The summed E-state index contributed by atoms with van der Waals surface area (Å²) in [5, 5.41) is 2.86. The van der Waals surface area contributed by atoms with Crippen molar-refractivity contribution >= 4 is 38.2 Å². The van der Waals surface area contributed by atoms with Crippen LogP contribution >= 0.6 is 28.3 Å². The van der Waals surface area contributed by atoms with Gasteiger partial charge in [-0.1, -0.05) is 15.9 Å². The topological polar surface area (TPSA) is 46.2 Å². The molecule has 1 aliphatic rings. The Bertz CT molecular complexity index is 455. The normalized spacial score (nSPS) is 20.6. The van der Waals surface area contributed by atoms with Crippen molar-refractivity contribution in [2.24, 2.45) is 0 Å². The first kappa shape index (κ1) is 15.0. The molecule has 1 heterocycles. The smallest absolute Gasteiger partial charge is 0.182 e. The van der Waals surface area contributed by atoms with Crippen molar-refractivity contribution < 1.29 is 8.42 Å². The SMILES string of the molecule is Cl.O=S(=O)(c1ccc(Br)cc1)[C@@H]1CCCNC1. The van der Waals surface area contributed by atoms with E-state index in [1.165, 1.54) is 0 Å². The lowest BCUT2D eigenvalue weighted by Gasteiger charge is -2.22. The van der Waals surface area contributed by atoms with Gasteiger partial charge in [-0.05, 0) is 43.7 Å². The molecule has 17 heavy (non-hydrogen) atoms. The van der Waals surface area contributed by atoms with E-state index in [-0.39, 0.29) is 17.7 Å². The van der Waals surface area contributed by atoms with Crippen molar-refractivity contribution in [2.45, 2.75) is 23.0 Å². The molecule has 1 atom stereocenters. The highest BCUT2D eigenvalue weighted by molar-refractivity contribution is 9.10. The molecule has 0 aliphatic carbocycles. The van der Waals surface area contributed by atoms with Gasteiger partial charge in [-0.3, -0.25) is 0 Å². The molecule has 1 aromatic rings. The van der Waals surface area contributed by atoms with E-state index < -0.39 is 9.84 Å². The van der Waals surface area contributed by atoms with Crippen LogP contribution in [0.3, 0.4) is 0 Å². The maximum absolute atomic E-state index is 12.2. The van der Waals surface area contributed by atoms with Crippen LogP contribution in [0.4, 0.5) is 0 Å². The van der Waals surface area contributed by atoms with E-state index in [2.05, 4.69) is 21.2 Å². The van der Waals surface area contributed by atoms with Crippen LogP contribution in [-0.2, 0) is 9.84 Å². The highest BCUT2D eigenvalue weighted by Gasteiger charge is 2.28. The van der Waals surface area contributed by atoms with E-state index in [9.17, 15) is 8.42 Å². The first-order chi connectivity index (χ1) is 7.60. The monoisotopic (exact) mass is 339 g/mol. The maximum Gasteiger partial charge on any atom is 0.182 e. The summed E-state index contributed by atoms with van der Waals surface area (Å²) in [5.74, 6) is 0. The Labute approximate surface area is 116 Å². The molecule has 6 heteroatoms. The minimum atomic E-state index is -3.16. The van der Waals surface area contributed by atoms with Crippen molar-refractivity contribution in [3.05, 3.63) is 28.7 Å². The minimum Gasteiger partial charge on any atom is -0.315 e. The average Bonchev–Trinajstić information content (AvgIpc) is 2.31. The summed E-state index contributed by atoms with van der Waals surface area (Å²) < 4.78 is 25.4. The number of nitrogens with one attached hydrogen (secondary N) is 1. The van der Waals surface area contributed by atoms with Crippen molar-refractivity contribution in [2.75, 3.05) is 13.1 Å². The zero-order chi connectivity index (χ0) is 11.6. The summed E-state index contributed by atoms with van der Waals surface area (Å²) in [6.07, 6.45) is 1.69. The van der Waals surface area contributed by atoms with Crippen LogP contribution in [0, 0.1) is 0 Å². The van der Waals surface area contributed by atoms with Gasteiger partial charge in [0.25, 0.3) is 0 Å². The van der Waals surface area contributed by atoms with Gasteiger partial charge in [0, 0.05) is 11.0 Å². The molecule has 1 aliphatic heterocycles. The number of benzene rings is 1. The molecule has 1 N–H and O–H groups in total. The largest absolute Gasteiger partial charge is 0.315 e. The molecule has 0 amide bonds. The Hall–Kier alpha value is -0.100. The van der Waals surface area contributed by atoms with Crippen LogP contribution < -0.4 is 5.32 Å². The van der Waals surface area contributed by atoms with Crippen molar-refractivity contribution in [1.29, 1.82) is 0 Å². The molecule has 3 nitrogen and oxygen atoms in total. The Morgan fingerprint density at radius 2 is 1.88 bits per heavy atom. The van der Waals surface area contributed by atoms with E-state index in [1.54, 1.807) is 24.3 Å².